The molecule has 1 N–H and O–H groups in total. The normalized spacial score (nSPS) is 11.7. The van der Waals surface area contributed by atoms with Crippen LogP contribution in [0, 0.1) is 17.5 Å². The van der Waals surface area contributed by atoms with Crippen LogP contribution in [0.5, 0.6) is 0 Å². The number of aldehydes is 1. The highest BCUT2D eigenvalue weighted by Crippen LogP contribution is 2.29. The van der Waals surface area contributed by atoms with Gasteiger partial charge in [0.1, 0.15) is 17.5 Å². The number of hydrogen-bond acceptors (Lipinski definition) is 3. The fourth-order valence-corrected chi connectivity index (χ4v) is 3.02. The molecule has 1 unspecified atom stereocenters. The second kappa shape index (κ2) is 8.47. The molecule has 7 heteroatoms. The highest BCUT2D eigenvalue weighted by molar-refractivity contribution is 5.80. The zero-order chi connectivity index (χ0) is 20.1. The van der Waals surface area contributed by atoms with Gasteiger partial charge in [0.05, 0.1) is 17.3 Å². The van der Waals surface area contributed by atoms with Gasteiger partial charge in [-0.2, -0.15) is 0 Å². The zero-order valence-corrected chi connectivity index (χ0v) is 14.5. The third-order valence-electron chi connectivity index (χ3n) is 4.23. The summed E-state index contributed by atoms with van der Waals surface area (Å²) in [7, 11) is 0. The minimum Gasteiger partial charge on any atom is -0.350 e. The third-order valence-corrected chi connectivity index (χ3v) is 4.23. The molecule has 0 fully saturated rings. The molecule has 142 valence electrons. The van der Waals surface area contributed by atoms with Crippen molar-refractivity contribution < 1.29 is 22.8 Å². The van der Waals surface area contributed by atoms with Gasteiger partial charge >= 0.3 is 0 Å². The number of amides is 1. The molecule has 2 aromatic carbocycles. The van der Waals surface area contributed by atoms with E-state index in [9.17, 15) is 22.8 Å². The molecule has 0 spiro atoms. The van der Waals surface area contributed by atoms with Gasteiger partial charge in [-0.25, -0.2) is 13.2 Å². The molecule has 1 amide bonds. The van der Waals surface area contributed by atoms with Crippen LogP contribution in [-0.2, 0) is 11.2 Å². The van der Waals surface area contributed by atoms with Gasteiger partial charge in [0.2, 0.25) is 6.41 Å². The molecule has 28 heavy (non-hydrogen) atoms. The fourth-order valence-electron chi connectivity index (χ4n) is 3.02. The second-order valence-electron chi connectivity index (χ2n) is 6.11. The number of nitrogens with one attached hydrogen (secondary N) is 1. The van der Waals surface area contributed by atoms with Crippen LogP contribution in [0.15, 0.2) is 54.7 Å². The van der Waals surface area contributed by atoms with Crippen molar-refractivity contribution in [3.8, 4) is 11.1 Å². The van der Waals surface area contributed by atoms with Crippen molar-refractivity contribution >= 4 is 12.7 Å². The van der Waals surface area contributed by atoms with Gasteiger partial charge < -0.3 is 5.32 Å². The van der Waals surface area contributed by atoms with Crippen LogP contribution in [0.25, 0.3) is 11.1 Å². The predicted octanol–water partition coefficient (Wildman–Crippen LogP) is 4.01. The average molecular weight is 384 g/mol. The van der Waals surface area contributed by atoms with Crippen LogP contribution < -0.4 is 5.32 Å². The summed E-state index contributed by atoms with van der Waals surface area (Å²) in [5, 5.41) is 2.60. The van der Waals surface area contributed by atoms with E-state index in [0.29, 0.717) is 35.1 Å². The smallest absolute Gasteiger partial charge is 0.207 e. The molecule has 0 aliphatic rings. The number of nitrogens with zero attached hydrogens (tertiary/aromatic N) is 1. The van der Waals surface area contributed by atoms with Crippen molar-refractivity contribution in [1.29, 1.82) is 0 Å². The molecule has 0 saturated heterocycles. The number of aromatic nitrogens is 1. The van der Waals surface area contributed by atoms with Crippen molar-refractivity contribution in [2.24, 2.45) is 0 Å². The average Bonchev–Trinajstić information content (AvgIpc) is 2.67. The predicted molar refractivity (Wildman–Crippen MR) is 97.0 cm³/mol. The Morgan fingerprint density at radius 3 is 2.43 bits per heavy atom. The quantitative estimate of drug-likeness (QED) is 0.626. The van der Waals surface area contributed by atoms with Crippen molar-refractivity contribution in [3.63, 3.8) is 0 Å². The molecule has 4 nitrogen and oxygen atoms in total. The summed E-state index contributed by atoms with van der Waals surface area (Å²) in [6, 6.07) is 9.81. The molecule has 0 radical (unpaired) electrons. The molecule has 1 heterocycles. The SMILES string of the molecule is O=CNC(Cc1cc(F)cc(F)c1)c1ncccc1-c1ccc(F)c(C=O)c1. The number of carbonyl (C=O) groups is 2. The minimum atomic E-state index is -0.727. The van der Waals surface area contributed by atoms with E-state index in [1.54, 1.807) is 12.1 Å². The molecule has 1 atom stereocenters. The van der Waals surface area contributed by atoms with Crippen LogP contribution >= 0.6 is 0 Å². The number of hydrogen-bond donors (Lipinski definition) is 1. The maximum atomic E-state index is 13.7. The second-order valence-corrected chi connectivity index (χ2v) is 6.11. The summed E-state index contributed by atoms with van der Waals surface area (Å²) in [6.07, 6.45) is 2.47. The summed E-state index contributed by atoms with van der Waals surface area (Å²) in [5.74, 6) is -2.10. The Kier molecular flexibility index (Phi) is 5.84. The first kappa shape index (κ1) is 19.3. The van der Waals surface area contributed by atoms with Crippen molar-refractivity contribution in [2.75, 3.05) is 0 Å². The van der Waals surface area contributed by atoms with Gasteiger partial charge in [-0.15, -0.1) is 0 Å². The molecule has 3 rings (SSSR count). The lowest BCUT2D eigenvalue weighted by Gasteiger charge is -2.19. The first-order valence-electron chi connectivity index (χ1n) is 8.36. The van der Waals surface area contributed by atoms with Gasteiger partial charge in [-0.3, -0.25) is 14.6 Å². The summed E-state index contributed by atoms with van der Waals surface area (Å²) in [5.41, 5.74) is 1.72. The summed E-state index contributed by atoms with van der Waals surface area (Å²) >= 11 is 0. The number of carbonyl (C=O) groups excluding carboxylic acids is 2. The zero-order valence-electron chi connectivity index (χ0n) is 14.5. The van der Waals surface area contributed by atoms with Crippen LogP contribution in [-0.4, -0.2) is 17.7 Å². The lowest BCUT2D eigenvalue weighted by Crippen LogP contribution is -2.23. The third kappa shape index (κ3) is 4.25. The van der Waals surface area contributed by atoms with Crippen molar-refractivity contribution in [1.82, 2.24) is 10.3 Å². The van der Waals surface area contributed by atoms with Crippen LogP contribution in [0.4, 0.5) is 13.2 Å². The summed E-state index contributed by atoms with van der Waals surface area (Å²) in [6.45, 7) is 0. The monoisotopic (exact) mass is 384 g/mol. The Morgan fingerprint density at radius 2 is 1.75 bits per heavy atom. The van der Waals surface area contributed by atoms with E-state index in [-0.39, 0.29) is 12.0 Å². The molecule has 0 saturated carbocycles. The maximum absolute atomic E-state index is 13.7. The highest BCUT2D eigenvalue weighted by atomic mass is 19.1. The van der Waals surface area contributed by atoms with E-state index in [2.05, 4.69) is 10.3 Å². The Balaban J connectivity index is 2.04. The van der Waals surface area contributed by atoms with Gasteiger partial charge in [0.15, 0.2) is 6.29 Å². The number of halogens is 3. The van der Waals surface area contributed by atoms with Gasteiger partial charge in [0, 0.05) is 17.8 Å². The summed E-state index contributed by atoms with van der Waals surface area (Å²) in [4.78, 5) is 26.5. The largest absolute Gasteiger partial charge is 0.350 e. The van der Waals surface area contributed by atoms with Gasteiger partial charge in [-0.05, 0) is 47.9 Å². The Morgan fingerprint density at radius 1 is 1.00 bits per heavy atom. The van der Waals surface area contributed by atoms with Gasteiger partial charge in [-0.1, -0.05) is 12.1 Å². The van der Waals surface area contributed by atoms with E-state index in [1.807, 2.05) is 0 Å². The molecule has 3 aromatic rings. The van der Waals surface area contributed by atoms with E-state index < -0.39 is 23.5 Å². The van der Waals surface area contributed by atoms with Crippen LogP contribution in [0.1, 0.15) is 27.7 Å². The van der Waals surface area contributed by atoms with E-state index in [1.165, 1.54) is 36.5 Å². The molecule has 0 bridgehead atoms. The number of pyridine rings is 1. The molecule has 0 aliphatic heterocycles. The Bertz CT molecular complexity index is 1000. The first-order valence-corrected chi connectivity index (χ1v) is 8.36. The van der Waals surface area contributed by atoms with E-state index in [0.717, 1.165) is 6.07 Å². The first-order chi connectivity index (χ1) is 13.5. The van der Waals surface area contributed by atoms with Crippen molar-refractivity contribution in [3.05, 3.63) is 89.0 Å². The van der Waals surface area contributed by atoms with E-state index in [4.69, 9.17) is 0 Å². The van der Waals surface area contributed by atoms with Crippen LogP contribution in [0.2, 0.25) is 0 Å². The molecule has 0 aliphatic carbocycles. The number of benzene rings is 2. The summed E-state index contributed by atoms with van der Waals surface area (Å²) < 4.78 is 40.7. The minimum absolute atomic E-state index is 0.0825. The Labute approximate surface area is 159 Å². The molecular weight excluding hydrogens is 369 g/mol. The number of rotatable bonds is 7. The fraction of sp³-hybridized carbons (Fsp3) is 0.0952. The Hall–Kier alpha value is -3.48. The molecule has 1 aromatic heterocycles. The van der Waals surface area contributed by atoms with Crippen LogP contribution in [0.3, 0.4) is 0 Å². The van der Waals surface area contributed by atoms with Gasteiger partial charge in [0.25, 0.3) is 0 Å². The molecular formula is C21H15F3N2O2. The van der Waals surface area contributed by atoms with Crippen molar-refractivity contribution in [2.45, 2.75) is 12.5 Å². The maximum Gasteiger partial charge on any atom is 0.207 e. The van der Waals surface area contributed by atoms with E-state index >= 15 is 0 Å². The lowest BCUT2D eigenvalue weighted by molar-refractivity contribution is -0.110. The standard InChI is InChI=1S/C21H15F3N2O2/c22-16-6-13(7-17(23)10-16)8-20(26-12-28)21-18(2-1-5-25-21)14-3-4-19(24)15(9-14)11-27/h1-7,9-12,20H,8H2,(H,26,28). The topological polar surface area (TPSA) is 59.1 Å². The highest BCUT2D eigenvalue weighted by Gasteiger charge is 2.19. The lowest BCUT2D eigenvalue weighted by atomic mass is 9.95.